The van der Waals surface area contributed by atoms with Gasteiger partial charge < -0.3 is 41.1 Å². The first-order valence-corrected chi connectivity index (χ1v) is 18.9. The topological polar surface area (TPSA) is 272 Å². The molecule has 2 aromatic carbocycles. The molecular weight excluding hydrogens is 761 g/mol. The number of nitrogens with two attached hydrogens (primary N) is 3. The molecule has 0 aliphatic carbocycles. The van der Waals surface area contributed by atoms with Crippen LogP contribution in [-0.4, -0.2) is 89.7 Å². The largest absolute Gasteiger partial charge is 0.494 e. The summed E-state index contributed by atoms with van der Waals surface area (Å²) in [6, 6.07) is 7.93. The summed E-state index contributed by atoms with van der Waals surface area (Å²) in [6.45, 7) is 9.46. The molecular formula is C39H48N14O6. The van der Waals surface area contributed by atoms with Crippen LogP contribution in [0.4, 0.5) is 23.3 Å². The lowest BCUT2D eigenvalue weighted by Crippen LogP contribution is -2.21. The van der Waals surface area contributed by atoms with Gasteiger partial charge in [0.25, 0.3) is 11.8 Å². The second kappa shape index (κ2) is 17.5. The van der Waals surface area contributed by atoms with Crippen molar-refractivity contribution in [2.45, 2.75) is 60.3 Å². The number of nitrogens with zero attached hydrogens (tertiary/aromatic N) is 8. The molecule has 20 nitrogen and oxygen atoms in total. The Morgan fingerprint density at radius 1 is 0.780 bits per heavy atom. The number of hydrogen-bond acceptors (Lipinski definition) is 12. The van der Waals surface area contributed by atoms with E-state index in [0.717, 1.165) is 0 Å². The predicted molar refractivity (Wildman–Crippen MR) is 223 cm³/mol. The zero-order valence-electron chi connectivity index (χ0n) is 33.8. The minimum Gasteiger partial charge on any atom is -0.494 e. The normalized spacial score (nSPS) is 11.5. The van der Waals surface area contributed by atoms with Crippen LogP contribution in [0.3, 0.4) is 0 Å². The highest BCUT2D eigenvalue weighted by molar-refractivity contribution is 6.08. The summed E-state index contributed by atoms with van der Waals surface area (Å²) in [5, 5.41) is 18.0. The molecule has 0 fully saturated rings. The van der Waals surface area contributed by atoms with Gasteiger partial charge in [-0.2, -0.15) is 10.2 Å². The molecule has 0 aliphatic heterocycles. The van der Waals surface area contributed by atoms with Gasteiger partial charge in [-0.05, 0) is 64.4 Å². The third-order valence-electron chi connectivity index (χ3n) is 9.59. The number of amides is 4. The van der Waals surface area contributed by atoms with E-state index in [1.54, 1.807) is 53.0 Å². The van der Waals surface area contributed by atoms with Gasteiger partial charge in [0.2, 0.25) is 23.7 Å². The predicted octanol–water partition coefficient (Wildman–Crippen LogP) is 3.43. The molecule has 0 unspecified atom stereocenters. The molecule has 0 aliphatic rings. The molecule has 6 rings (SSSR count). The van der Waals surface area contributed by atoms with Crippen LogP contribution in [0.15, 0.2) is 42.5 Å². The van der Waals surface area contributed by atoms with E-state index >= 15 is 0 Å². The van der Waals surface area contributed by atoms with E-state index in [0.29, 0.717) is 83.2 Å². The Morgan fingerprint density at radius 3 is 1.97 bits per heavy atom. The van der Waals surface area contributed by atoms with E-state index in [1.807, 2.05) is 26.0 Å². The first-order valence-electron chi connectivity index (χ1n) is 18.9. The molecule has 9 N–H and O–H groups in total. The average molecular weight is 809 g/mol. The number of ether oxygens (including phenoxy) is 2. The van der Waals surface area contributed by atoms with Crippen molar-refractivity contribution in [3.63, 3.8) is 0 Å². The zero-order valence-corrected chi connectivity index (χ0v) is 33.8. The molecule has 310 valence electrons. The number of carbonyl (C=O) groups is 4. The summed E-state index contributed by atoms with van der Waals surface area (Å²) >= 11 is 0. The number of carbonyl (C=O) groups excluding carboxylic acids is 4. The van der Waals surface area contributed by atoms with Crippen molar-refractivity contribution in [1.82, 2.24) is 38.7 Å². The molecule has 4 heterocycles. The fourth-order valence-corrected chi connectivity index (χ4v) is 6.78. The van der Waals surface area contributed by atoms with Crippen LogP contribution in [-0.2, 0) is 30.9 Å². The summed E-state index contributed by atoms with van der Waals surface area (Å²) < 4.78 is 17.5. The quantitative estimate of drug-likeness (QED) is 0.0539. The van der Waals surface area contributed by atoms with Crippen molar-refractivity contribution in [1.29, 1.82) is 0 Å². The number of hydrogen-bond donors (Lipinski definition) is 6. The number of allylic oxidation sites excluding steroid dienone is 2. The van der Waals surface area contributed by atoms with Gasteiger partial charge in [0.15, 0.2) is 0 Å². The Balaban J connectivity index is 1.42. The first-order chi connectivity index (χ1) is 28.3. The van der Waals surface area contributed by atoms with E-state index in [4.69, 9.17) is 31.7 Å². The minimum atomic E-state index is -0.671. The number of primary amides is 2. The fraction of sp³-hybridized carbons (Fsp3) is 0.333. The van der Waals surface area contributed by atoms with Crippen LogP contribution in [0.2, 0.25) is 0 Å². The Morgan fingerprint density at radius 2 is 1.37 bits per heavy atom. The van der Waals surface area contributed by atoms with Gasteiger partial charge in [-0.15, -0.1) is 0 Å². The molecule has 4 amide bonds. The lowest BCUT2D eigenvalue weighted by atomic mass is 10.1. The van der Waals surface area contributed by atoms with E-state index in [-0.39, 0.29) is 47.5 Å². The maximum Gasteiger partial charge on any atom is 0.278 e. The number of nitrogens with one attached hydrogen (secondary N) is 3. The Bertz CT molecular complexity index is 2610. The second-order valence-corrected chi connectivity index (χ2v) is 13.6. The van der Waals surface area contributed by atoms with Crippen molar-refractivity contribution in [3.05, 3.63) is 76.4 Å². The van der Waals surface area contributed by atoms with Crippen molar-refractivity contribution < 1.29 is 28.7 Å². The number of aromatic nitrogens is 8. The van der Waals surface area contributed by atoms with Crippen LogP contribution in [0.1, 0.15) is 73.3 Å². The van der Waals surface area contributed by atoms with Gasteiger partial charge >= 0.3 is 0 Å². The van der Waals surface area contributed by atoms with Crippen LogP contribution in [0.5, 0.6) is 5.75 Å². The Kier molecular flexibility index (Phi) is 12.3. The number of nitrogen functional groups attached to an aromatic ring is 1. The Hall–Kier alpha value is -7.22. The summed E-state index contributed by atoms with van der Waals surface area (Å²) in [4.78, 5) is 61.5. The van der Waals surface area contributed by atoms with Crippen LogP contribution in [0, 0.1) is 13.8 Å². The number of anilines is 4. The summed E-state index contributed by atoms with van der Waals surface area (Å²) in [7, 11) is 3.07. The lowest BCUT2D eigenvalue weighted by Gasteiger charge is -2.14. The van der Waals surface area contributed by atoms with Gasteiger partial charge in [-0.25, -0.2) is 9.97 Å². The first kappa shape index (κ1) is 41.4. The SMILES string of the molecule is CCn1nc(C)cc1C(=O)Nc1nc2cc(C(N)=O)cc(OC)c2n1C/C=C/Cn1c(NC(=O)c2c(N)c(C)nn2CC)nc2cc(C(N)=O)cc(NCCCOC)c21. The molecule has 0 bridgehead atoms. The maximum absolute atomic E-state index is 13.8. The number of imidazole rings is 2. The highest BCUT2D eigenvalue weighted by atomic mass is 16.5. The number of methoxy groups -OCH3 is 2. The smallest absolute Gasteiger partial charge is 0.278 e. The van der Waals surface area contributed by atoms with Gasteiger partial charge in [-0.3, -0.25) is 39.2 Å². The van der Waals surface area contributed by atoms with Gasteiger partial charge in [0.05, 0.1) is 46.4 Å². The van der Waals surface area contributed by atoms with Crippen LogP contribution >= 0.6 is 0 Å². The molecule has 0 saturated carbocycles. The lowest BCUT2D eigenvalue weighted by molar-refractivity contribution is 0.0992. The number of aryl methyl sites for hydroxylation is 4. The molecule has 0 radical (unpaired) electrons. The second-order valence-electron chi connectivity index (χ2n) is 13.6. The van der Waals surface area contributed by atoms with E-state index in [2.05, 4.69) is 31.1 Å². The van der Waals surface area contributed by atoms with Crippen LogP contribution < -0.4 is 37.9 Å². The summed E-state index contributed by atoms with van der Waals surface area (Å²) in [5.41, 5.74) is 22.4. The van der Waals surface area contributed by atoms with E-state index in [1.165, 1.54) is 23.9 Å². The van der Waals surface area contributed by atoms with Crippen molar-refractivity contribution in [3.8, 4) is 5.75 Å². The maximum atomic E-state index is 13.8. The Labute approximate surface area is 338 Å². The standard InChI is InChI=1S/C39H48N14O6/c1-7-52-28(16-21(3)48-52)36(56)46-38-45-27-19-24(35(42)55)20-29(59-6)32(27)51(38)14-10-9-13-50-31-25(43-12-11-15-58-5)17-23(34(41)54)18-26(31)44-39(50)47-37(57)33-30(40)22(4)49-53(33)8-2/h9-10,16-20,43H,7-8,11-15,40H2,1-6H3,(H2,41,54)(H2,42,55)(H,44,47,57)(H,45,46,56)/b10-9+. The molecule has 59 heavy (non-hydrogen) atoms. The fourth-order valence-electron chi connectivity index (χ4n) is 6.78. The monoisotopic (exact) mass is 808 g/mol. The summed E-state index contributed by atoms with van der Waals surface area (Å²) in [6.07, 6.45) is 4.35. The van der Waals surface area contributed by atoms with Crippen molar-refractivity contribution in [2.75, 3.05) is 49.1 Å². The molecule has 0 saturated heterocycles. The number of rotatable bonds is 18. The summed E-state index contributed by atoms with van der Waals surface area (Å²) in [5.74, 6) is -1.62. The molecule has 6 aromatic rings. The third kappa shape index (κ3) is 8.42. The number of benzene rings is 2. The van der Waals surface area contributed by atoms with E-state index in [9.17, 15) is 19.2 Å². The highest BCUT2D eigenvalue weighted by Gasteiger charge is 2.25. The average Bonchev–Trinajstić information content (AvgIpc) is 3.95. The molecule has 0 spiro atoms. The zero-order chi connectivity index (χ0) is 42.5. The molecule has 20 heteroatoms. The van der Waals surface area contributed by atoms with Crippen molar-refractivity contribution >= 4 is 69.0 Å². The number of fused-ring (bicyclic) bond motifs is 2. The minimum absolute atomic E-state index is 0.165. The molecule has 0 atom stereocenters. The van der Waals surface area contributed by atoms with Crippen LogP contribution in [0.25, 0.3) is 22.1 Å². The van der Waals surface area contributed by atoms with E-state index < -0.39 is 23.6 Å². The highest BCUT2D eigenvalue weighted by Crippen LogP contribution is 2.32. The molecule has 4 aromatic heterocycles. The third-order valence-corrected chi connectivity index (χ3v) is 9.59. The van der Waals surface area contributed by atoms with Gasteiger partial charge in [0, 0.05) is 57.6 Å². The van der Waals surface area contributed by atoms with Gasteiger partial charge in [0.1, 0.15) is 22.7 Å². The van der Waals surface area contributed by atoms with Crippen molar-refractivity contribution in [2.24, 2.45) is 11.5 Å². The van der Waals surface area contributed by atoms with Gasteiger partial charge in [-0.1, -0.05) is 12.2 Å².